The number of piperidine rings is 1. The molecule has 1 aliphatic rings. The number of aryl methyl sites for hydroxylation is 1. The predicted molar refractivity (Wildman–Crippen MR) is 80.8 cm³/mol. The van der Waals surface area contributed by atoms with E-state index in [1.165, 1.54) is 23.2 Å². The van der Waals surface area contributed by atoms with Gasteiger partial charge >= 0.3 is 0 Å². The van der Waals surface area contributed by atoms with E-state index < -0.39 is 0 Å². The molecule has 1 atom stereocenters. The summed E-state index contributed by atoms with van der Waals surface area (Å²) >= 11 is 0. The van der Waals surface area contributed by atoms with Crippen molar-refractivity contribution in [3.05, 3.63) is 29.3 Å². The SMILES string of the molecule is CNCc1cc(C)ccc1N1CCCC(C)(OC)C1. The zero-order valence-electron chi connectivity index (χ0n) is 12.6. The van der Waals surface area contributed by atoms with E-state index in [1.807, 2.05) is 14.2 Å². The van der Waals surface area contributed by atoms with Crippen LogP contribution in [0, 0.1) is 6.92 Å². The molecular weight excluding hydrogens is 236 g/mol. The molecular formula is C16H26N2O. The summed E-state index contributed by atoms with van der Waals surface area (Å²) in [4.78, 5) is 2.47. The summed E-state index contributed by atoms with van der Waals surface area (Å²) in [6.45, 7) is 7.38. The molecule has 0 spiro atoms. The number of benzene rings is 1. The molecule has 19 heavy (non-hydrogen) atoms. The van der Waals surface area contributed by atoms with Crippen LogP contribution in [-0.4, -0.2) is 32.8 Å². The number of hydrogen-bond acceptors (Lipinski definition) is 3. The third kappa shape index (κ3) is 3.28. The molecule has 1 aliphatic heterocycles. The Balaban J connectivity index is 2.25. The number of nitrogens with one attached hydrogen (secondary N) is 1. The number of hydrogen-bond donors (Lipinski definition) is 1. The van der Waals surface area contributed by atoms with Gasteiger partial charge in [-0.15, -0.1) is 0 Å². The van der Waals surface area contributed by atoms with Crippen molar-refractivity contribution in [2.24, 2.45) is 0 Å². The second-order valence-corrected chi connectivity index (χ2v) is 5.84. The van der Waals surface area contributed by atoms with Crippen molar-refractivity contribution < 1.29 is 4.74 Å². The first-order chi connectivity index (χ1) is 9.08. The fourth-order valence-corrected chi connectivity index (χ4v) is 2.93. The van der Waals surface area contributed by atoms with Crippen LogP contribution in [0.25, 0.3) is 0 Å². The Bertz CT molecular complexity index is 433. The molecule has 0 aromatic heterocycles. The van der Waals surface area contributed by atoms with Gasteiger partial charge in [-0.1, -0.05) is 17.7 Å². The van der Waals surface area contributed by atoms with Crippen molar-refractivity contribution >= 4 is 5.69 Å². The first-order valence-electron chi connectivity index (χ1n) is 7.12. The Morgan fingerprint density at radius 1 is 1.42 bits per heavy atom. The monoisotopic (exact) mass is 262 g/mol. The summed E-state index contributed by atoms with van der Waals surface area (Å²) < 4.78 is 5.70. The highest BCUT2D eigenvalue weighted by Crippen LogP contribution is 2.30. The van der Waals surface area contributed by atoms with Crippen molar-refractivity contribution in [1.29, 1.82) is 0 Å². The van der Waals surface area contributed by atoms with Crippen molar-refractivity contribution in [2.45, 2.75) is 38.8 Å². The van der Waals surface area contributed by atoms with Gasteiger partial charge in [-0.05, 0) is 45.4 Å². The van der Waals surface area contributed by atoms with Gasteiger partial charge < -0.3 is 15.0 Å². The van der Waals surface area contributed by atoms with Gasteiger partial charge in [0, 0.05) is 32.4 Å². The second kappa shape index (κ2) is 5.93. The number of ether oxygens (including phenoxy) is 1. The van der Waals surface area contributed by atoms with Crippen LogP contribution >= 0.6 is 0 Å². The molecule has 3 heteroatoms. The molecule has 1 aromatic carbocycles. The highest BCUT2D eigenvalue weighted by atomic mass is 16.5. The second-order valence-electron chi connectivity index (χ2n) is 5.84. The van der Waals surface area contributed by atoms with Gasteiger partial charge in [0.25, 0.3) is 0 Å². The Labute approximate surface area is 116 Å². The molecule has 106 valence electrons. The van der Waals surface area contributed by atoms with E-state index in [1.54, 1.807) is 0 Å². The Hall–Kier alpha value is -1.06. The minimum absolute atomic E-state index is 0.0138. The number of methoxy groups -OCH3 is 1. The van der Waals surface area contributed by atoms with Crippen LogP contribution in [0.15, 0.2) is 18.2 Å². The minimum atomic E-state index is -0.0138. The zero-order chi connectivity index (χ0) is 13.9. The van der Waals surface area contributed by atoms with Gasteiger partial charge in [-0.2, -0.15) is 0 Å². The molecule has 1 aromatic rings. The molecule has 1 N–H and O–H groups in total. The Kier molecular flexibility index (Phi) is 4.48. The van der Waals surface area contributed by atoms with Crippen molar-refractivity contribution in [3.8, 4) is 0 Å². The number of nitrogens with zero attached hydrogens (tertiary/aromatic N) is 1. The normalized spacial score (nSPS) is 23.7. The number of anilines is 1. The smallest absolute Gasteiger partial charge is 0.0825 e. The molecule has 1 unspecified atom stereocenters. The van der Waals surface area contributed by atoms with E-state index in [-0.39, 0.29) is 5.60 Å². The van der Waals surface area contributed by atoms with E-state index in [9.17, 15) is 0 Å². The van der Waals surface area contributed by atoms with E-state index >= 15 is 0 Å². The Morgan fingerprint density at radius 2 is 2.21 bits per heavy atom. The molecule has 0 amide bonds. The average Bonchev–Trinajstić information content (AvgIpc) is 2.39. The molecule has 1 fully saturated rings. The third-order valence-corrected chi connectivity index (χ3v) is 4.09. The highest BCUT2D eigenvalue weighted by molar-refractivity contribution is 5.55. The number of rotatable bonds is 4. The maximum absolute atomic E-state index is 5.70. The summed E-state index contributed by atoms with van der Waals surface area (Å²) in [6, 6.07) is 6.74. The van der Waals surface area contributed by atoms with Gasteiger partial charge in [-0.25, -0.2) is 0 Å². The first-order valence-corrected chi connectivity index (χ1v) is 7.12. The summed E-state index contributed by atoms with van der Waals surface area (Å²) in [6.07, 6.45) is 2.34. The van der Waals surface area contributed by atoms with Gasteiger partial charge in [0.2, 0.25) is 0 Å². The van der Waals surface area contributed by atoms with Crippen LogP contribution in [0.5, 0.6) is 0 Å². The van der Waals surface area contributed by atoms with Crippen LogP contribution in [0.4, 0.5) is 5.69 Å². The lowest BCUT2D eigenvalue weighted by Gasteiger charge is -2.41. The van der Waals surface area contributed by atoms with E-state index in [0.717, 1.165) is 26.1 Å². The van der Waals surface area contributed by atoms with Crippen LogP contribution in [0.1, 0.15) is 30.9 Å². The lowest BCUT2D eigenvalue weighted by molar-refractivity contribution is -0.00468. The van der Waals surface area contributed by atoms with E-state index in [2.05, 4.69) is 42.3 Å². The largest absolute Gasteiger partial charge is 0.377 e. The van der Waals surface area contributed by atoms with Crippen LogP contribution < -0.4 is 10.2 Å². The van der Waals surface area contributed by atoms with Crippen LogP contribution in [0.3, 0.4) is 0 Å². The summed E-state index contributed by atoms with van der Waals surface area (Å²) in [7, 11) is 3.83. The average molecular weight is 262 g/mol. The summed E-state index contributed by atoms with van der Waals surface area (Å²) in [5.74, 6) is 0. The topological polar surface area (TPSA) is 24.5 Å². The van der Waals surface area contributed by atoms with Gasteiger partial charge in [0.1, 0.15) is 0 Å². The molecule has 0 aliphatic carbocycles. The highest BCUT2D eigenvalue weighted by Gasteiger charge is 2.31. The van der Waals surface area contributed by atoms with Gasteiger partial charge in [-0.3, -0.25) is 0 Å². The fourth-order valence-electron chi connectivity index (χ4n) is 2.93. The fraction of sp³-hybridized carbons (Fsp3) is 0.625. The molecule has 1 saturated heterocycles. The molecule has 2 rings (SSSR count). The lowest BCUT2D eigenvalue weighted by atomic mass is 9.93. The lowest BCUT2D eigenvalue weighted by Crippen LogP contribution is -2.47. The minimum Gasteiger partial charge on any atom is -0.377 e. The first kappa shape index (κ1) is 14.4. The predicted octanol–water partition coefficient (Wildman–Crippen LogP) is 2.72. The van der Waals surface area contributed by atoms with Crippen molar-refractivity contribution in [1.82, 2.24) is 5.32 Å². The van der Waals surface area contributed by atoms with Crippen LogP contribution in [-0.2, 0) is 11.3 Å². The zero-order valence-corrected chi connectivity index (χ0v) is 12.6. The van der Waals surface area contributed by atoms with E-state index in [0.29, 0.717) is 0 Å². The van der Waals surface area contributed by atoms with Crippen LogP contribution in [0.2, 0.25) is 0 Å². The molecule has 0 bridgehead atoms. The maximum atomic E-state index is 5.70. The van der Waals surface area contributed by atoms with E-state index in [4.69, 9.17) is 4.74 Å². The standard InChI is InChI=1S/C16H26N2O/c1-13-6-7-15(14(10-13)11-17-3)18-9-5-8-16(2,12-18)19-4/h6-7,10,17H,5,8-9,11-12H2,1-4H3. The maximum Gasteiger partial charge on any atom is 0.0825 e. The molecule has 0 radical (unpaired) electrons. The van der Waals surface area contributed by atoms with Gasteiger partial charge in [0.05, 0.1) is 5.60 Å². The summed E-state index contributed by atoms with van der Waals surface area (Å²) in [5, 5.41) is 3.27. The molecule has 3 nitrogen and oxygen atoms in total. The summed E-state index contributed by atoms with van der Waals surface area (Å²) in [5.41, 5.74) is 4.03. The Morgan fingerprint density at radius 3 is 2.89 bits per heavy atom. The molecule has 0 saturated carbocycles. The van der Waals surface area contributed by atoms with Gasteiger partial charge in [0.15, 0.2) is 0 Å². The third-order valence-electron chi connectivity index (χ3n) is 4.09. The van der Waals surface area contributed by atoms with Crippen molar-refractivity contribution in [2.75, 3.05) is 32.1 Å². The quantitative estimate of drug-likeness (QED) is 0.903. The molecule has 1 heterocycles. The van der Waals surface area contributed by atoms with Crippen molar-refractivity contribution in [3.63, 3.8) is 0 Å².